The minimum atomic E-state index is -2.06. The number of thiophene rings is 2. The molecule has 0 radical (unpaired) electrons. The molecule has 0 saturated carbocycles. The first-order valence-electron chi connectivity index (χ1n) is 50.8. The summed E-state index contributed by atoms with van der Waals surface area (Å²) in [5, 5.41) is 3.60. The molecule has 9 heteroatoms. The number of benzene rings is 3. The number of aryl methyl sites for hydroxylation is 2. The molecule has 0 unspecified atom stereocenters. The van der Waals surface area contributed by atoms with E-state index >= 15 is 0 Å². The zero-order valence-electron chi connectivity index (χ0n) is 75.9. The molecule has 115 heavy (non-hydrogen) atoms. The summed E-state index contributed by atoms with van der Waals surface area (Å²) < 4.78 is 22.0. The van der Waals surface area contributed by atoms with Crippen LogP contribution in [-0.2, 0) is 10.8 Å². The van der Waals surface area contributed by atoms with E-state index in [1.807, 2.05) is 0 Å². The SMILES string of the molecule is CCCCCCCCCCCCCCCCC1(CCCCCCCCCCCCCCCC)c2cc3c(cc2-c2c1cc(C)c1nsnc21)C(CCCCCCCCCCCCCCCC)(CCCCCCCCCCCCCCCC)c1cc(-c2cc4c(s2)-c2sc(C)cc2[Si]4(CCCCCC)CCCCCC)c2nsnc2c1-3. The molecule has 0 atom stereocenters. The quantitative estimate of drug-likeness (QED) is 0.0282. The van der Waals surface area contributed by atoms with Gasteiger partial charge in [0.15, 0.2) is 0 Å². The van der Waals surface area contributed by atoms with Gasteiger partial charge in [-0.15, -0.1) is 22.7 Å². The van der Waals surface area contributed by atoms with Crippen LogP contribution in [-0.4, -0.2) is 25.6 Å². The Morgan fingerprint density at radius 2 is 0.513 bits per heavy atom. The standard InChI is InChI=1S/C106H170N4S4Si/c1-9-15-21-27-31-35-39-43-47-51-55-59-63-67-73-105(74-68-64-60-56-52-48-44-40-36-32-28-22-16-10-2)90-82-88-91(81-87(90)97-92(105)79-85(7)99-101(97)109-113-107-99)106(75-69-65-61-57-53-49-45-41-37-33-29-23-17-11-3,76-70-66-62-58-54-50-46-42-38-34-30-24-18-12-4)93-83-89(100-102(98(88)93)110-114-108-100)94-84-96-104(112-94)103-95(80-86(8)111-103)115(96,77-71-25-19-13-5)78-72-26-20-14-6/h79-84H,9-78H2,1-8H3. The predicted molar refractivity (Wildman–Crippen MR) is 520 cm³/mol. The molecule has 4 aromatic heterocycles. The molecular formula is C106H170N4S4Si. The Balaban J connectivity index is 1.03. The molecule has 5 heterocycles. The second-order valence-electron chi connectivity index (χ2n) is 38.0. The molecule has 0 N–H and O–H groups in total. The number of hydrogen-bond acceptors (Lipinski definition) is 8. The van der Waals surface area contributed by atoms with Crippen molar-refractivity contribution in [1.82, 2.24) is 17.5 Å². The van der Waals surface area contributed by atoms with Gasteiger partial charge in [0.05, 0.1) is 23.5 Å². The second-order valence-corrected chi connectivity index (χ2v) is 45.6. The van der Waals surface area contributed by atoms with E-state index in [0.29, 0.717) is 0 Å². The molecule has 2 aliphatic carbocycles. The molecule has 10 rings (SSSR count). The topological polar surface area (TPSA) is 51.6 Å². The van der Waals surface area contributed by atoms with Gasteiger partial charge in [-0.1, -0.05) is 459 Å². The summed E-state index contributed by atoms with van der Waals surface area (Å²) in [5.41, 5.74) is 19.6. The third-order valence-corrected chi connectivity index (χ3v) is 37.9. The molecule has 3 aliphatic rings. The number of rotatable bonds is 71. The number of fused-ring (bicyclic) bond motifs is 13. The monoisotopic (exact) mass is 1660 g/mol. The van der Waals surface area contributed by atoms with Crippen LogP contribution >= 0.6 is 46.1 Å². The van der Waals surface area contributed by atoms with E-state index in [0.717, 1.165) is 5.52 Å². The van der Waals surface area contributed by atoms with Crippen molar-refractivity contribution in [3.63, 3.8) is 0 Å². The van der Waals surface area contributed by atoms with Crippen molar-refractivity contribution in [2.24, 2.45) is 0 Å². The zero-order valence-corrected chi connectivity index (χ0v) is 80.1. The minimum Gasteiger partial charge on any atom is -0.173 e. The molecule has 0 spiro atoms. The smallest absolute Gasteiger partial charge is 0.122 e. The normalized spacial score (nSPS) is 14.1. The van der Waals surface area contributed by atoms with Crippen LogP contribution in [0.25, 0.3) is 64.5 Å². The molecule has 0 saturated heterocycles. The third-order valence-electron chi connectivity index (χ3n) is 28.9. The van der Waals surface area contributed by atoms with E-state index in [1.165, 1.54) is 532 Å². The summed E-state index contributed by atoms with van der Waals surface area (Å²) in [5.74, 6) is 0. The van der Waals surface area contributed by atoms with Gasteiger partial charge in [0.1, 0.15) is 30.1 Å². The molecule has 3 aromatic carbocycles. The highest BCUT2D eigenvalue weighted by molar-refractivity contribution is 7.30. The van der Waals surface area contributed by atoms with Crippen molar-refractivity contribution >= 4 is 86.6 Å². The van der Waals surface area contributed by atoms with Crippen LogP contribution in [0.3, 0.4) is 0 Å². The highest BCUT2D eigenvalue weighted by Crippen LogP contribution is 2.64. The number of nitrogens with zero attached hydrogens (tertiary/aromatic N) is 4. The molecule has 1 aliphatic heterocycles. The maximum absolute atomic E-state index is 5.72. The first kappa shape index (κ1) is 94.2. The lowest BCUT2D eigenvalue weighted by molar-refractivity contribution is 0.393. The van der Waals surface area contributed by atoms with Crippen molar-refractivity contribution in [2.45, 2.75) is 515 Å². The second kappa shape index (κ2) is 53.1. The summed E-state index contributed by atoms with van der Waals surface area (Å²) >= 11 is 7.26. The maximum Gasteiger partial charge on any atom is 0.122 e. The van der Waals surface area contributed by atoms with Gasteiger partial charge in [-0.3, -0.25) is 0 Å². The summed E-state index contributed by atoms with van der Waals surface area (Å²) in [7, 11) is -2.06. The van der Waals surface area contributed by atoms with E-state index < -0.39 is 8.07 Å². The Morgan fingerprint density at radius 3 is 0.852 bits per heavy atom. The summed E-state index contributed by atoms with van der Waals surface area (Å²) in [4.78, 5) is 6.28. The predicted octanol–water partition coefficient (Wildman–Crippen LogP) is 36.8. The van der Waals surface area contributed by atoms with Gasteiger partial charge in [0.25, 0.3) is 0 Å². The molecule has 0 amide bonds. The molecule has 642 valence electrons. The van der Waals surface area contributed by atoms with Crippen molar-refractivity contribution in [1.29, 1.82) is 0 Å². The minimum absolute atomic E-state index is 0.0927. The van der Waals surface area contributed by atoms with E-state index in [-0.39, 0.29) is 10.8 Å². The summed E-state index contributed by atoms with van der Waals surface area (Å²) in [6.07, 6.45) is 93.5. The Kier molecular flexibility index (Phi) is 43.5. The van der Waals surface area contributed by atoms with Crippen LogP contribution in [0.4, 0.5) is 0 Å². The fourth-order valence-electron chi connectivity index (χ4n) is 22.0. The first-order chi connectivity index (χ1) is 56.7. The van der Waals surface area contributed by atoms with Crippen LogP contribution in [0.2, 0.25) is 12.1 Å². The van der Waals surface area contributed by atoms with Crippen molar-refractivity contribution in [3.05, 3.63) is 69.1 Å². The van der Waals surface area contributed by atoms with Gasteiger partial charge in [-0.2, -0.15) is 17.5 Å². The lowest BCUT2D eigenvalue weighted by Gasteiger charge is -2.35. The zero-order chi connectivity index (χ0) is 80.4. The lowest BCUT2D eigenvalue weighted by Crippen LogP contribution is -2.54. The van der Waals surface area contributed by atoms with Crippen LogP contribution in [0.15, 0.2) is 36.4 Å². The lowest BCUT2D eigenvalue weighted by atomic mass is 9.68. The van der Waals surface area contributed by atoms with Gasteiger partial charge in [0, 0.05) is 47.0 Å². The van der Waals surface area contributed by atoms with Crippen molar-refractivity contribution < 1.29 is 0 Å². The fraction of sp³-hybridized carbons (Fsp3) is 0.755. The van der Waals surface area contributed by atoms with E-state index in [2.05, 4.69) is 114 Å². The third kappa shape index (κ3) is 26.5. The largest absolute Gasteiger partial charge is 0.173 e. The maximum atomic E-state index is 5.72. The molecule has 0 bridgehead atoms. The highest BCUT2D eigenvalue weighted by atomic mass is 32.1. The van der Waals surface area contributed by atoms with Gasteiger partial charge < -0.3 is 0 Å². The summed E-state index contributed by atoms with van der Waals surface area (Å²) in [6.45, 7) is 19.0. The number of unbranched alkanes of at least 4 members (excludes halogenated alkanes) is 58. The van der Waals surface area contributed by atoms with Crippen molar-refractivity contribution in [2.75, 3.05) is 0 Å². The Bertz CT molecular complexity index is 3730. The molecule has 7 aromatic rings. The number of aromatic nitrogens is 4. The van der Waals surface area contributed by atoms with Crippen LogP contribution in [0.5, 0.6) is 0 Å². The average molecular weight is 1660 g/mol. The van der Waals surface area contributed by atoms with E-state index in [9.17, 15) is 0 Å². The van der Waals surface area contributed by atoms with Gasteiger partial charge >= 0.3 is 0 Å². The highest BCUT2D eigenvalue weighted by Gasteiger charge is 2.51. The Hall–Kier alpha value is -3.08. The average Bonchev–Trinajstić information content (AvgIpc) is 1.55. The van der Waals surface area contributed by atoms with Gasteiger partial charge in [0.2, 0.25) is 0 Å². The van der Waals surface area contributed by atoms with Gasteiger partial charge in [-0.05, 0) is 131 Å². The van der Waals surface area contributed by atoms with Crippen LogP contribution < -0.4 is 10.4 Å². The van der Waals surface area contributed by atoms with Crippen LogP contribution in [0.1, 0.15) is 511 Å². The number of hydrogen-bond donors (Lipinski definition) is 0. The molecule has 0 fully saturated rings. The summed E-state index contributed by atoms with van der Waals surface area (Å²) in [6, 6.07) is 19.7. The van der Waals surface area contributed by atoms with Crippen molar-refractivity contribution in [3.8, 4) is 42.4 Å². The molecule has 4 nitrogen and oxygen atoms in total. The van der Waals surface area contributed by atoms with Crippen LogP contribution in [0, 0.1) is 13.8 Å². The van der Waals surface area contributed by atoms with E-state index in [1.54, 1.807) is 42.4 Å². The molecular weight excluding hydrogens is 1490 g/mol. The Labute approximate surface area is 725 Å². The Morgan fingerprint density at radius 1 is 0.252 bits per heavy atom. The van der Waals surface area contributed by atoms with Gasteiger partial charge in [-0.25, -0.2) is 0 Å². The van der Waals surface area contributed by atoms with E-state index in [4.69, 9.17) is 17.5 Å². The first-order valence-corrected chi connectivity index (χ1v) is 56.3. The fourth-order valence-corrected chi connectivity index (χ4v) is 32.6.